The number of furan rings is 1. The van der Waals surface area contributed by atoms with Crippen LogP contribution in [0.3, 0.4) is 0 Å². The van der Waals surface area contributed by atoms with Crippen LogP contribution < -0.4 is 5.32 Å². The Morgan fingerprint density at radius 2 is 2.12 bits per heavy atom. The van der Waals surface area contributed by atoms with Crippen LogP contribution in [0.2, 0.25) is 5.02 Å². The first-order valence-electron chi connectivity index (χ1n) is 4.89. The van der Waals surface area contributed by atoms with Crippen molar-refractivity contribution in [2.45, 2.75) is 6.92 Å². The number of hydrogen-bond acceptors (Lipinski definition) is 2. The van der Waals surface area contributed by atoms with Crippen LogP contribution in [0.1, 0.15) is 16.3 Å². The van der Waals surface area contributed by atoms with Crippen LogP contribution in [0.5, 0.6) is 0 Å². The SMILES string of the molecule is Cc1ccc(C(=O)Nc2ccc(Cl)cc2F)o1. The molecular formula is C12H9ClFNO2. The Morgan fingerprint density at radius 1 is 1.35 bits per heavy atom. The van der Waals surface area contributed by atoms with Crippen molar-refractivity contribution in [3.05, 3.63) is 52.7 Å². The first-order chi connectivity index (χ1) is 8.06. The lowest BCUT2D eigenvalue weighted by Gasteiger charge is -2.04. The van der Waals surface area contributed by atoms with Crippen molar-refractivity contribution in [3.63, 3.8) is 0 Å². The summed E-state index contributed by atoms with van der Waals surface area (Å²) in [5.74, 6) is -0.336. The van der Waals surface area contributed by atoms with E-state index in [1.165, 1.54) is 18.2 Å². The van der Waals surface area contributed by atoms with Crippen LogP contribution in [0.25, 0.3) is 0 Å². The molecule has 1 aromatic carbocycles. The summed E-state index contributed by atoms with van der Waals surface area (Å²) in [6, 6.07) is 7.20. The van der Waals surface area contributed by atoms with Gasteiger partial charge in [-0.15, -0.1) is 0 Å². The largest absolute Gasteiger partial charge is 0.456 e. The topological polar surface area (TPSA) is 42.2 Å². The van der Waals surface area contributed by atoms with E-state index >= 15 is 0 Å². The van der Waals surface area contributed by atoms with Gasteiger partial charge in [-0.25, -0.2) is 4.39 Å². The summed E-state index contributed by atoms with van der Waals surface area (Å²) >= 11 is 5.60. The Hall–Kier alpha value is -1.81. The van der Waals surface area contributed by atoms with Gasteiger partial charge in [-0.3, -0.25) is 4.79 Å². The highest BCUT2D eigenvalue weighted by Crippen LogP contribution is 2.19. The minimum Gasteiger partial charge on any atom is -0.456 e. The lowest BCUT2D eigenvalue weighted by atomic mass is 10.3. The molecule has 1 amide bonds. The van der Waals surface area contributed by atoms with E-state index in [-0.39, 0.29) is 16.5 Å². The van der Waals surface area contributed by atoms with Gasteiger partial charge in [0.2, 0.25) is 0 Å². The minimum atomic E-state index is -0.589. The molecule has 0 unspecified atom stereocenters. The van der Waals surface area contributed by atoms with Crippen LogP contribution in [0, 0.1) is 12.7 Å². The van der Waals surface area contributed by atoms with E-state index in [2.05, 4.69) is 5.32 Å². The molecule has 0 saturated heterocycles. The number of anilines is 1. The molecule has 1 N–H and O–H groups in total. The van der Waals surface area contributed by atoms with E-state index in [0.717, 1.165) is 6.07 Å². The normalized spacial score (nSPS) is 10.3. The number of halogens is 2. The summed E-state index contributed by atoms with van der Waals surface area (Å²) in [5, 5.41) is 2.67. The molecular weight excluding hydrogens is 245 g/mol. The van der Waals surface area contributed by atoms with E-state index in [4.69, 9.17) is 16.0 Å². The molecule has 0 aliphatic rings. The van der Waals surface area contributed by atoms with Gasteiger partial charge in [-0.1, -0.05) is 11.6 Å². The molecule has 0 spiro atoms. The molecule has 5 heteroatoms. The second-order valence-corrected chi connectivity index (χ2v) is 3.93. The maximum Gasteiger partial charge on any atom is 0.291 e. The molecule has 0 saturated carbocycles. The molecule has 3 nitrogen and oxygen atoms in total. The molecule has 0 aliphatic heterocycles. The van der Waals surface area contributed by atoms with E-state index < -0.39 is 11.7 Å². The zero-order chi connectivity index (χ0) is 12.4. The minimum absolute atomic E-state index is 0.0634. The van der Waals surface area contributed by atoms with Crippen LogP contribution in [0.4, 0.5) is 10.1 Å². The van der Waals surface area contributed by atoms with E-state index in [1.54, 1.807) is 13.0 Å². The van der Waals surface area contributed by atoms with Crippen molar-refractivity contribution in [2.75, 3.05) is 5.32 Å². The highest BCUT2D eigenvalue weighted by Gasteiger charge is 2.12. The molecule has 0 bridgehead atoms. The van der Waals surface area contributed by atoms with Crippen molar-refractivity contribution in [3.8, 4) is 0 Å². The maximum absolute atomic E-state index is 13.4. The Bertz CT molecular complexity index is 565. The smallest absolute Gasteiger partial charge is 0.291 e. The van der Waals surface area contributed by atoms with Gasteiger partial charge in [0.1, 0.15) is 11.6 Å². The zero-order valence-corrected chi connectivity index (χ0v) is 9.72. The van der Waals surface area contributed by atoms with Gasteiger partial charge in [0.25, 0.3) is 5.91 Å². The summed E-state index contributed by atoms with van der Waals surface area (Å²) in [6.45, 7) is 1.72. The number of hydrogen-bond donors (Lipinski definition) is 1. The zero-order valence-electron chi connectivity index (χ0n) is 8.96. The van der Waals surface area contributed by atoms with Gasteiger partial charge in [-0.2, -0.15) is 0 Å². The molecule has 88 valence electrons. The fourth-order valence-corrected chi connectivity index (χ4v) is 1.49. The van der Waals surface area contributed by atoms with Crippen molar-refractivity contribution in [2.24, 2.45) is 0 Å². The quantitative estimate of drug-likeness (QED) is 0.888. The Labute approximate surface area is 102 Å². The summed E-state index contributed by atoms with van der Waals surface area (Å²) < 4.78 is 18.5. The molecule has 1 aromatic heterocycles. The van der Waals surface area contributed by atoms with E-state index in [1.807, 2.05) is 0 Å². The average Bonchev–Trinajstić information content (AvgIpc) is 2.69. The van der Waals surface area contributed by atoms with Crippen molar-refractivity contribution < 1.29 is 13.6 Å². The maximum atomic E-state index is 13.4. The first-order valence-corrected chi connectivity index (χ1v) is 5.27. The Balaban J connectivity index is 2.18. The van der Waals surface area contributed by atoms with Gasteiger partial charge in [0.05, 0.1) is 5.69 Å². The fourth-order valence-electron chi connectivity index (χ4n) is 1.33. The number of carbonyl (C=O) groups is 1. The molecule has 0 aliphatic carbocycles. The summed E-state index contributed by atoms with van der Waals surface area (Å²) in [5.41, 5.74) is 0.0634. The summed E-state index contributed by atoms with van der Waals surface area (Å²) in [4.78, 5) is 11.7. The summed E-state index contributed by atoms with van der Waals surface area (Å²) in [7, 11) is 0. The fraction of sp³-hybridized carbons (Fsp3) is 0.0833. The Kier molecular flexibility index (Phi) is 3.15. The third-order valence-electron chi connectivity index (χ3n) is 2.14. The highest BCUT2D eigenvalue weighted by molar-refractivity contribution is 6.30. The number of nitrogens with one attached hydrogen (secondary N) is 1. The molecule has 0 fully saturated rings. The molecule has 0 radical (unpaired) electrons. The van der Waals surface area contributed by atoms with Crippen molar-refractivity contribution in [1.82, 2.24) is 0 Å². The number of rotatable bonds is 2. The van der Waals surface area contributed by atoms with Gasteiger partial charge in [0.15, 0.2) is 5.76 Å². The van der Waals surface area contributed by atoms with Gasteiger partial charge >= 0.3 is 0 Å². The number of amides is 1. The van der Waals surface area contributed by atoms with Gasteiger partial charge in [0, 0.05) is 5.02 Å². The predicted octanol–water partition coefficient (Wildman–Crippen LogP) is 3.63. The second-order valence-electron chi connectivity index (χ2n) is 3.49. The molecule has 17 heavy (non-hydrogen) atoms. The van der Waals surface area contributed by atoms with E-state index in [0.29, 0.717) is 5.76 Å². The molecule has 2 aromatic rings. The third-order valence-corrected chi connectivity index (χ3v) is 2.38. The van der Waals surface area contributed by atoms with Crippen LogP contribution >= 0.6 is 11.6 Å². The number of carbonyl (C=O) groups excluding carboxylic acids is 1. The second kappa shape index (κ2) is 4.59. The van der Waals surface area contributed by atoms with Gasteiger partial charge in [-0.05, 0) is 37.3 Å². The standard InChI is InChI=1S/C12H9ClFNO2/c1-7-2-5-11(17-7)12(16)15-10-4-3-8(13)6-9(10)14/h2-6H,1H3,(H,15,16). The van der Waals surface area contributed by atoms with Gasteiger partial charge < -0.3 is 9.73 Å². The molecule has 0 atom stereocenters. The number of aryl methyl sites for hydroxylation is 1. The average molecular weight is 254 g/mol. The number of benzene rings is 1. The monoisotopic (exact) mass is 253 g/mol. The highest BCUT2D eigenvalue weighted by atomic mass is 35.5. The van der Waals surface area contributed by atoms with Crippen molar-refractivity contribution in [1.29, 1.82) is 0 Å². The third kappa shape index (κ3) is 2.65. The molecule has 2 rings (SSSR count). The van der Waals surface area contributed by atoms with Crippen LogP contribution in [-0.2, 0) is 0 Å². The van der Waals surface area contributed by atoms with Crippen molar-refractivity contribution >= 4 is 23.2 Å². The first kappa shape index (κ1) is 11.7. The lowest BCUT2D eigenvalue weighted by molar-refractivity contribution is 0.0995. The predicted molar refractivity (Wildman–Crippen MR) is 62.8 cm³/mol. The van der Waals surface area contributed by atoms with E-state index in [9.17, 15) is 9.18 Å². The van der Waals surface area contributed by atoms with Crippen LogP contribution in [0.15, 0.2) is 34.7 Å². The molecule has 1 heterocycles. The lowest BCUT2D eigenvalue weighted by Crippen LogP contribution is -2.11. The Morgan fingerprint density at radius 3 is 2.71 bits per heavy atom. The van der Waals surface area contributed by atoms with Crippen LogP contribution in [-0.4, -0.2) is 5.91 Å². The summed E-state index contributed by atoms with van der Waals surface area (Å²) in [6.07, 6.45) is 0.